The fraction of sp³-hybridized carbons (Fsp3) is 0.125. The zero-order chi connectivity index (χ0) is 23.1. The molecule has 0 saturated carbocycles. The minimum atomic E-state index is -0.505. The van der Waals surface area contributed by atoms with Gasteiger partial charge in [-0.3, -0.25) is 10.1 Å². The van der Waals surface area contributed by atoms with Crippen LogP contribution in [0.25, 0.3) is 11.6 Å². The Labute approximate surface area is 192 Å². The second-order valence-corrected chi connectivity index (χ2v) is 7.50. The van der Waals surface area contributed by atoms with Gasteiger partial charge in [-0.15, -0.1) is 0 Å². The lowest BCUT2D eigenvalue weighted by molar-refractivity contribution is -0.384. The highest BCUT2D eigenvalue weighted by atomic mass is 79.9. The molecule has 0 aliphatic heterocycles. The maximum atomic E-state index is 13.1. The van der Waals surface area contributed by atoms with Gasteiger partial charge >= 0.3 is 0 Å². The zero-order valence-electron chi connectivity index (χ0n) is 17.0. The molecule has 0 radical (unpaired) electrons. The predicted molar refractivity (Wildman–Crippen MR) is 123 cm³/mol. The standard InChI is InChI=1S/C24H18BrFN2O4/c1-2-31-23-12-18(10-19(14-27)17-4-3-5-21(11-17)28(29)30)22(25)13-24(23)32-15-16-6-8-20(26)9-7-16/h3-13H,2,15H2,1H3/b19-10-. The minimum Gasteiger partial charge on any atom is -0.490 e. The summed E-state index contributed by atoms with van der Waals surface area (Å²) in [7, 11) is 0. The smallest absolute Gasteiger partial charge is 0.270 e. The van der Waals surface area contributed by atoms with Crippen molar-refractivity contribution in [2.75, 3.05) is 6.61 Å². The summed E-state index contributed by atoms with van der Waals surface area (Å²) in [5.41, 5.74) is 2.04. The Hall–Kier alpha value is -3.70. The third kappa shape index (κ3) is 5.71. The number of ether oxygens (including phenoxy) is 2. The number of nitro groups is 1. The fourth-order valence-electron chi connectivity index (χ4n) is 2.91. The average Bonchev–Trinajstić information content (AvgIpc) is 2.79. The third-order valence-corrected chi connectivity index (χ3v) is 5.15. The molecule has 0 atom stereocenters. The summed E-state index contributed by atoms with van der Waals surface area (Å²) in [4.78, 5) is 10.6. The van der Waals surface area contributed by atoms with E-state index in [9.17, 15) is 19.8 Å². The maximum Gasteiger partial charge on any atom is 0.270 e. The number of hydrogen-bond acceptors (Lipinski definition) is 5. The Kier molecular flexibility index (Phi) is 7.58. The molecule has 0 bridgehead atoms. The molecule has 0 aliphatic carbocycles. The Morgan fingerprint density at radius 3 is 2.53 bits per heavy atom. The van der Waals surface area contributed by atoms with E-state index in [2.05, 4.69) is 22.0 Å². The van der Waals surface area contributed by atoms with E-state index in [1.807, 2.05) is 6.92 Å². The molecule has 32 heavy (non-hydrogen) atoms. The van der Waals surface area contributed by atoms with E-state index in [0.29, 0.717) is 33.7 Å². The van der Waals surface area contributed by atoms with E-state index in [4.69, 9.17) is 9.47 Å². The Bertz CT molecular complexity index is 1200. The molecule has 3 aromatic rings. The number of benzene rings is 3. The Morgan fingerprint density at radius 1 is 1.16 bits per heavy atom. The number of nitro benzene ring substituents is 1. The predicted octanol–water partition coefficient (Wildman–Crippen LogP) is 6.54. The van der Waals surface area contributed by atoms with Crippen molar-refractivity contribution in [2.24, 2.45) is 0 Å². The van der Waals surface area contributed by atoms with Crippen LogP contribution in [0.2, 0.25) is 0 Å². The summed E-state index contributed by atoms with van der Waals surface area (Å²) in [5.74, 6) is 0.633. The van der Waals surface area contributed by atoms with Gasteiger partial charge in [0.05, 0.1) is 23.2 Å². The lowest BCUT2D eigenvalue weighted by atomic mass is 10.0. The topological polar surface area (TPSA) is 85.4 Å². The van der Waals surface area contributed by atoms with Crippen molar-refractivity contribution < 1.29 is 18.8 Å². The third-order valence-electron chi connectivity index (χ3n) is 4.46. The number of nitrogens with zero attached hydrogens (tertiary/aromatic N) is 2. The second-order valence-electron chi connectivity index (χ2n) is 6.65. The van der Waals surface area contributed by atoms with Crippen LogP contribution >= 0.6 is 15.9 Å². The maximum absolute atomic E-state index is 13.1. The molecule has 0 unspecified atom stereocenters. The molecular formula is C24H18BrFN2O4. The first-order chi connectivity index (χ1) is 15.4. The van der Waals surface area contributed by atoms with Crippen molar-refractivity contribution in [3.8, 4) is 17.6 Å². The van der Waals surface area contributed by atoms with Crippen LogP contribution in [-0.2, 0) is 6.61 Å². The van der Waals surface area contributed by atoms with Gasteiger partial charge in [0.15, 0.2) is 11.5 Å². The van der Waals surface area contributed by atoms with Crippen LogP contribution in [0.5, 0.6) is 11.5 Å². The van der Waals surface area contributed by atoms with Crippen molar-refractivity contribution in [1.29, 1.82) is 5.26 Å². The van der Waals surface area contributed by atoms with Crippen molar-refractivity contribution >= 4 is 33.3 Å². The molecule has 162 valence electrons. The van der Waals surface area contributed by atoms with Gasteiger partial charge in [-0.2, -0.15) is 5.26 Å². The number of hydrogen-bond donors (Lipinski definition) is 0. The quantitative estimate of drug-likeness (QED) is 0.153. The largest absolute Gasteiger partial charge is 0.490 e. The first-order valence-corrected chi connectivity index (χ1v) is 10.4. The fourth-order valence-corrected chi connectivity index (χ4v) is 3.34. The van der Waals surface area contributed by atoms with Crippen LogP contribution < -0.4 is 9.47 Å². The van der Waals surface area contributed by atoms with E-state index in [-0.39, 0.29) is 23.7 Å². The molecule has 0 spiro atoms. The molecule has 3 rings (SSSR count). The van der Waals surface area contributed by atoms with Gasteiger partial charge in [-0.05, 0) is 54.0 Å². The lowest BCUT2D eigenvalue weighted by Gasteiger charge is -2.14. The molecule has 0 amide bonds. The summed E-state index contributed by atoms with van der Waals surface area (Å²) in [6.07, 6.45) is 1.62. The summed E-state index contributed by atoms with van der Waals surface area (Å²) in [6, 6.07) is 17.4. The molecule has 0 saturated heterocycles. The van der Waals surface area contributed by atoms with Gasteiger partial charge < -0.3 is 9.47 Å². The van der Waals surface area contributed by atoms with Crippen LogP contribution in [0.15, 0.2) is 65.1 Å². The Balaban J connectivity index is 1.93. The van der Waals surface area contributed by atoms with Gasteiger partial charge in [0.25, 0.3) is 5.69 Å². The summed E-state index contributed by atoms with van der Waals surface area (Å²) >= 11 is 3.49. The molecule has 0 heterocycles. The monoisotopic (exact) mass is 496 g/mol. The number of non-ortho nitro benzene ring substituents is 1. The average molecular weight is 497 g/mol. The van der Waals surface area contributed by atoms with E-state index >= 15 is 0 Å². The van der Waals surface area contributed by atoms with E-state index in [1.54, 1.807) is 36.4 Å². The van der Waals surface area contributed by atoms with E-state index in [1.165, 1.54) is 30.3 Å². The first-order valence-electron chi connectivity index (χ1n) is 9.61. The van der Waals surface area contributed by atoms with Crippen molar-refractivity contribution in [3.63, 3.8) is 0 Å². The van der Waals surface area contributed by atoms with Gasteiger partial charge in [-0.25, -0.2) is 4.39 Å². The summed E-state index contributed by atoms with van der Waals surface area (Å²) < 4.78 is 25.3. The highest BCUT2D eigenvalue weighted by molar-refractivity contribution is 9.10. The number of halogens is 2. The van der Waals surface area contributed by atoms with Gasteiger partial charge in [0.2, 0.25) is 0 Å². The molecule has 8 heteroatoms. The summed E-state index contributed by atoms with van der Waals surface area (Å²) in [6.45, 7) is 2.46. The molecular weight excluding hydrogens is 479 g/mol. The molecule has 0 N–H and O–H groups in total. The first kappa shape index (κ1) is 23.0. The van der Waals surface area contributed by atoms with Crippen LogP contribution in [0.1, 0.15) is 23.6 Å². The molecule has 6 nitrogen and oxygen atoms in total. The van der Waals surface area contributed by atoms with Gasteiger partial charge in [0, 0.05) is 16.6 Å². The second kappa shape index (κ2) is 10.6. The molecule has 3 aromatic carbocycles. The van der Waals surface area contributed by atoms with Crippen LogP contribution in [0.4, 0.5) is 10.1 Å². The minimum absolute atomic E-state index is 0.0951. The highest BCUT2D eigenvalue weighted by Gasteiger charge is 2.13. The van der Waals surface area contributed by atoms with Crippen molar-refractivity contribution in [2.45, 2.75) is 13.5 Å². The van der Waals surface area contributed by atoms with E-state index < -0.39 is 4.92 Å². The number of rotatable bonds is 8. The van der Waals surface area contributed by atoms with Gasteiger partial charge in [-0.1, -0.05) is 40.2 Å². The van der Waals surface area contributed by atoms with Crippen LogP contribution in [-0.4, -0.2) is 11.5 Å². The number of allylic oxidation sites excluding steroid dienone is 1. The van der Waals surface area contributed by atoms with E-state index in [0.717, 1.165) is 5.56 Å². The molecule has 0 aliphatic rings. The normalized spacial score (nSPS) is 11.0. The van der Waals surface area contributed by atoms with Crippen LogP contribution in [0, 0.1) is 27.3 Å². The molecule has 0 fully saturated rings. The van der Waals surface area contributed by atoms with Gasteiger partial charge in [0.1, 0.15) is 12.4 Å². The molecule has 0 aromatic heterocycles. The Morgan fingerprint density at radius 2 is 1.88 bits per heavy atom. The van der Waals surface area contributed by atoms with Crippen molar-refractivity contribution in [1.82, 2.24) is 0 Å². The zero-order valence-corrected chi connectivity index (χ0v) is 18.6. The lowest BCUT2D eigenvalue weighted by Crippen LogP contribution is -2.00. The summed E-state index contributed by atoms with van der Waals surface area (Å²) in [5, 5.41) is 20.7. The SMILES string of the molecule is CCOc1cc(/C=C(/C#N)c2cccc([N+](=O)[O-])c2)c(Br)cc1OCc1ccc(F)cc1. The van der Waals surface area contributed by atoms with Crippen LogP contribution in [0.3, 0.4) is 0 Å². The highest BCUT2D eigenvalue weighted by Crippen LogP contribution is 2.36. The number of nitriles is 1. The van der Waals surface area contributed by atoms with Crippen molar-refractivity contribution in [3.05, 3.63) is 97.8 Å².